The summed E-state index contributed by atoms with van der Waals surface area (Å²) >= 11 is 0. The topological polar surface area (TPSA) is 69.6 Å². The number of hydrogen-bond donors (Lipinski definition) is 2. The maximum atomic E-state index is 11.9. The maximum absolute atomic E-state index is 11.9. The minimum Gasteiger partial charge on any atom is -0.480 e. The van der Waals surface area contributed by atoms with Crippen molar-refractivity contribution in [3.63, 3.8) is 0 Å². The van der Waals surface area contributed by atoms with Crippen LogP contribution in [0, 0.1) is 5.92 Å². The van der Waals surface area contributed by atoms with Gasteiger partial charge in [-0.3, -0.25) is 0 Å². The third-order valence-electron chi connectivity index (χ3n) is 3.65. The van der Waals surface area contributed by atoms with Crippen molar-refractivity contribution < 1.29 is 14.7 Å². The Kier molecular flexibility index (Phi) is 4.78. The highest BCUT2D eigenvalue weighted by molar-refractivity contribution is 5.83. The van der Waals surface area contributed by atoms with Gasteiger partial charge in [0.05, 0.1) is 0 Å². The van der Waals surface area contributed by atoms with Crippen molar-refractivity contribution in [3.8, 4) is 0 Å². The van der Waals surface area contributed by atoms with Gasteiger partial charge in [-0.2, -0.15) is 0 Å². The summed E-state index contributed by atoms with van der Waals surface area (Å²) in [5, 5.41) is 11.9. The van der Waals surface area contributed by atoms with E-state index in [1.165, 1.54) is 4.90 Å². The van der Waals surface area contributed by atoms with E-state index in [1.54, 1.807) is 0 Å². The van der Waals surface area contributed by atoms with Gasteiger partial charge < -0.3 is 15.3 Å². The van der Waals surface area contributed by atoms with Crippen molar-refractivity contribution in [3.05, 3.63) is 0 Å². The first-order valence-corrected chi connectivity index (χ1v) is 6.27. The molecule has 0 saturated carbocycles. The quantitative estimate of drug-likeness (QED) is 0.788. The number of aliphatic carboxylic acids is 1. The molecule has 1 fully saturated rings. The highest BCUT2D eigenvalue weighted by Crippen LogP contribution is 2.18. The van der Waals surface area contributed by atoms with Gasteiger partial charge in [0, 0.05) is 12.6 Å². The lowest BCUT2D eigenvalue weighted by atomic mass is 10.0. The van der Waals surface area contributed by atoms with E-state index in [9.17, 15) is 9.59 Å². The number of carbonyl (C=O) groups is 2. The van der Waals surface area contributed by atoms with Crippen LogP contribution in [0.25, 0.3) is 0 Å². The minimum atomic E-state index is -0.908. The zero-order chi connectivity index (χ0) is 13.0. The summed E-state index contributed by atoms with van der Waals surface area (Å²) in [5.74, 6) is -0.515. The molecule has 1 saturated heterocycles. The van der Waals surface area contributed by atoms with Crippen LogP contribution in [-0.4, -0.2) is 40.6 Å². The summed E-state index contributed by atoms with van der Waals surface area (Å²) < 4.78 is 0. The van der Waals surface area contributed by atoms with E-state index in [-0.39, 0.29) is 12.1 Å². The number of hydrogen-bond acceptors (Lipinski definition) is 2. The molecule has 98 valence electrons. The van der Waals surface area contributed by atoms with Gasteiger partial charge in [-0.25, -0.2) is 9.59 Å². The summed E-state index contributed by atoms with van der Waals surface area (Å²) in [6.45, 7) is 6.64. The number of amides is 2. The molecule has 0 aliphatic carbocycles. The molecule has 3 atom stereocenters. The van der Waals surface area contributed by atoms with E-state index < -0.39 is 12.0 Å². The summed E-state index contributed by atoms with van der Waals surface area (Å²) in [5.41, 5.74) is 0. The fraction of sp³-hybridized carbons (Fsp3) is 0.833. The molecular formula is C12H22N2O3. The van der Waals surface area contributed by atoms with Crippen molar-refractivity contribution >= 4 is 12.0 Å². The predicted molar refractivity (Wildman–Crippen MR) is 64.8 cm³/mol. The standard InChI is InChI=1S/C12H22N2O3/c1-4-8(2)9(3)13-12(17)14-7-5-6-10(14)11(15)16/h8-10H,4-7H2,1-3H3,(H,13,17)(H,15,16)/t8?,9?,10-/m1/s1. The Hall–Kier alpha value is -1.26. The Morgan fingerprint density at radius 3 is 2.65 bits per heavy atom. The molecule has 2 unspecified atom stereocenters. The molecule has 17 heavy (non-hydrogen) atoms. The molecule has 2 amide bonds. The highest BCUT2D eigenvalue weighted by atomic mass is 16.4. The first-order chi connectivity index (χ1) is 7.97. The number of rotatable bonds is 4. The van der Waals surface area contributed by atoms with Crippen LogP contribution in [-0.2, 0) is 4.79 Å². The predicted octanol–water partition coefficient (Wildman–Crippen LogP) is 1.68. The van der Waals surface area contributed by atoms with Gasteiger partial charge >= 0.3 is 12.0 Å². The van der Waals surface area contributed by atoms with Crippen LogP contribution in [0.2, 0.25) is 0 Å². The Labute approximate surface area is 102 Å². The maximum Gasteiger partial charge on any atom is 0.326 e. The third-order valence-corrected chi connectivity index (χ3v) is 3.65. The molecular weight excluding hydrogens is 220 g/mol. The second kappa shape index (κ2) is 5.89. The Bertz CT molecular complexity index is 293. The van der Waals surface area contributed by atoms with Crippen molar-refractivity contribution in [1.82, 2.24) is 10.2 Å². The molecule has 0 bridgehead atoms. The van der Waals surface area contributed by atoms with Crippen LogP contribution in [0.5, 0.6) is 0 Å². The zero-order valence-corrected chi connectivity index (χ0v) is 10.8. The molecule has 0 aromatic carbocycles. The zero-order valence-electron chi connectivity index (χ0n) is 10.8. The fourth-order valence-corrected chi connectivity index (χ4v) is 2.04. The van der Waals surface area contributed by atoms with Gasteiger partial charge in [0.15, 0.2) is 0 Å². The van der Waals surface area contributed by atoms with Crippen LogP contribution in [0.15, 0.2) is 0 Å². The van der Waals surface area contributed by atoms with Crippen molar-refractivity contribution in [1.29, 1.82) is 0 Å². The van der Waals surface area contributed by atoms with Crippen LogP contribution in [0.1, 0.15) is 40.0 Å². The number of likely N-dealkylation sites (tertiary alicyclic amines) is 1. The van der Waals surface area contributed by atoms with E-state index in [0.29, 0.717) is 18.9 Å². The Balaban J connectivity index is 2.55. The average molecular weight is 242 g/mol. The SMILES string of the molecule is CCC(C)C(C)NC(=O)N1CCC[C@@H]1C(=O)O. The smallest absolute Gasteiger partial charge is 0.326 e. The molecule has 0 aromatic heterocycles. The normalized spacial score (nSPS) is 23.2. The first kappa shape index (κ1) is 13.8. The van der Waals surface area contributed by atoms with E-state index in [2.05, 4.69) is 19.2 Å². The van der Waals surface area contributed by atoms with Gasteiger partial charge in [0.1, 0.15) is 6.04 Å². The second-order valence-corrected chi connectivity index (χ2v) is 4.81. The number of carboxylic acid groups (broad SMARTS) is 1. The lowest BCUT2D eigenvalue weighted by Crippen LogP contribution is -2.49. The Morgan fingerprint density at radius 1 is 1.47 bits per heavy atom. The molecule has 5 nitrogen and oxygen atoms in total. The van der Waals surface area contributed by atoms with Crippen LogP contribution >= 0.6 is 0 Å². The molecule has 1 heterocycles. The largest absolute Gasteiger partial charge is 0.480 e. The van der Waals surface area contributed by atoms with Crippen LogP contribution < -0.4 is 5.32 Å². The van der Waals surface area contributed by atoms with E-state index in [0.717, 1.165) is 12.8 Å². The number of nitrogens with zero attached hydrogens (tertiary/aromatic N) is 1. The van der Waals surface area contributed by atoms with Crippen LogP contribution in [0.4, 0.5) is 4.79 Å². The number of urea groups is 1. The molecule has 1 aliphatic rings. The van der Waals surface area contributed by atoms with Gasteiger partial charge in [0.2, 0.25) is 0 Å². The summed E-state index contributed by atoms with van der Waals surface area (Å²) in [6.07, 6.45) is 2.31. The lowest BCUT2D eigenvalue weighted by Gasteiger charge is -2.26. The molecule has 0 spiro atoms. The van der Waals surface area contributed by atoms with Gasteiger partial charge in [-0.15, -0.1) is 0 Å². The molecule has 0 aromatic rings. The first-order valence-electron chi connectivity index (χ1n) is 6.27. The van der Waals surface area contributed by atoms with Gasteiger partial charge in [-0.1, -0.05) is 20.3 Å². The van der Waals surface area contributed by atoms with Crippen molar-refractivity contribution in [2.45, 2.75) is 52.1 Å². The van der Waals surface area contributed by atoms with E-state index in [4.69, 9.17) is 5.11 Å². The van der Waals surface area contributed by atoms with Gasteiger partial charge in [0.25, 0.3) is 0 Å². The molecule has 5 heteroatoms. The highest BCUT2D eigenvalue weighted by Gasteiger charge is 2.34. The fourth-order valence-electron chi connectivity index (χ4n) is 2.04. The van der Waals surface area contributed by atoms with E-state index in [1.807, 2.05) is 6.92 Å². The number of carboxylic acids is 1. The van der Waals surface area contributed by atoms with Crippen LogP contribution in [0.3, 0.4) is 0 Å². The summed E-state index contributed by atoms with van der Waals surface area (Å²) in [6, 6.07) is -0.829. The molecule has 1 rings (SSSR count). The average Bonchev–Trinajstić information content (AvgIpc) is 2.76. The van der Waals surface area contributed by atoms with E-state index >= 15 is 0 Å². The minimum absolute atomic E-state index is 0.0718. The van der Waals surface area contributed by atoms with Crippen molar-refractivity contribution in [2.24, 2.45) is 5.92 Å². The second-order valence-electron chi connectivity index (χ2n) is 4.81. The molecule has 1 aliphatic heterocycles. The molecule has 0 radical (unpaired) electrons. The molecule has 2 N–H and O–H groups in total. The lowest BCUT2D eigenvalue weighted by molar-refractivity contribution is -0.141. The summed E-state index contributed by atoms with van der Waals surface area (Å²) in [7, 11) is 0. The monoisotopic (exact) mass is 242 g/mol. The number of carbonyl (C=O) groups excluding carboxylic acids is 1. The van der Waals surface area contributed by atoms with Gasteiger partial charge in [-0.05, 0) is 25.7 Å². The third kappa shape index (κ3) is 3.35. The van der Waals surface area contributed by atoms with Crippen molar-refractivity contribution in [2.75, 3.05) is 6.54 Å². The summed E-state index contributed by atoms with van der Waals surface area (Å²) in [4.78, 5) is 24.3. The Morgan fingerprint density at radius 2 is 2.12 bits per heavy atom. The number of nitrogens with one attached hydrogen (secondary N) is 1.